The highest BCUT2D eigenvalue weighted by Crippen LogP contribution is 2.18. The molecular weight excluding hydrogens is 312 g/mol. The van der Waals surface area contributed by atoms with Gasteiger partial charge in [0.25, 0.3) is 0 Å². The van der Waals surface area contributed by atoms with Crippen molar-refractivity contribution in [3.8, 4) is 0 Å². The van der Waals surface area contributed by atoms with Gasteiger partial charge in [0.2, 0.25) is 6.04 Å². The fraction of sp³-hybridized carbons (Fsp3) is 0.941. The van der Waals surface area contributed by atoms with E-state index < -0.39 is 23.0 Å². The second-order valence-electron chi connectivity index (χ2n) is 6.99. The van der Waals surface area contributed by atoms with Gasteiger partial charge in [-0.2, -0.15) is 0 Å². The van der Waals surface area contributed by atoms with E-state index in [9.17, 15) is 25.1 Å². The number of aliphatic carboxylic acids is 1. The summed E-state index contributed by atoms with van der Waals surface area (Å²) in [5.74, 6) is -1.92. The summed E-state index contributed by atoms with van der Waals surface area (Å²) in [6.45, 7) is 1.38. The molecule has 0 radical (unpaired) electrons. The van der Waals surface area contributed by atoms with Crippen molar-refractivity contribution in [1.82, 2.24) is 0 Å². The molecule has 0 unspecified atom stereocenters. The Hall–Kier alpha value is -1.21. The summed E-state index contributed by atoms with van der Waals surface area (Å²) < 4.78 is 0. The highest BCUT2D eigenvalue weighted by Gasteiger charge is 2.23. The zero-order valence-corrected chi connectivity index (χ0v) is 14.7. The maximum absolute atomic E-state index is 10.5. The van der Waals surface area contributed by atoms with Gasteiger partial charge in [-0.1, -0.05) is 19.8 Å². The molecule has 0 aromatic heterocycles. The van der Waals surface area contributed by atoms with Gasteiger partial charge in [-0.05, 0) is 57.5 Å². The first-order valence-electron chi connectivity index (χ1n) is 9.30. The molecule has 0 heterocycles. The second-order valence-corrected chi connectivity index (χ2v) is 6.99. The first-order valence-corrected chi connectivity index (χ1v) is 9.30. The molecule has 2 atom stereocenters. The van der Waals surface area contributed by atoms with Crippen LogP contribution in [0.15, 0.2) is 0 Å². The molecule has 2 aliphatic rings. The number of nitrogens with two attached hydrogens (primary N) is 1. The lowest BCUT2D eigenvalue weighted by Crippen LogP contribution is -2.95. The van der Waals surface area contributed by atoms with Crippen molar-refractivity contribution in [1.29, 1.82) is 0 Å². The number of carbonyl (C=O) groups is 1. The van der Waals surface area contributed by atoms with E-state index in [1.165, 1.54) is 71.1 Å². The highest BCUT2D eigenvalue weighted by molar-refractivity contribution is 5.69. The molecule has 0 amide bonds. The lowest BCUT2D eigenvalue weighted by molar-refractivity contribution is -0.725. The summed E-state index contributed by atoms with van der Waals surface area (Å²) in [7, 11) is 0. The maximum atomic E-state index is 10.5. The predicted molar refractivity (Wildman–Crippen MR) is 85.5 cm³/mol. The first kappa shape index (κ1) is 20.8. The average Bonchev–Trinajstić information content (AvgIpc) is 2.57. The zero-order chi connectivity index (χ0) is 17.9. The Morgan fingerprint density at radius 2 is 1.46 bits per heavy atom. The monoisotopic (exact) mass is 343 g/mol. The number of carbonyl (C=O) groups excluding carboxylic acids is 1. The summed E-state index contributed by atoms with van der Waals surface area (Å²) >= 11 is 0. The molecule has 0 aromatic carbocycles. The van der Waals surface area contributed by atoms with Gasteiger partial charge in [-0.3, -0.25) is 10.1 Å². The predicted octanol–water partition coefficient (Wildman–Crippen LogP) is -0.264. The molecule has 2 fully saturated rings. The highest BCUT2D eigenvalue weighted by atomic mass is 16.6. The van der Waals surface area contributed by atoms with Crippen molar-refractivity contribution >= 4 is 5.97 Å². The van der Waals surface area contributed by atoms with Crippen molar-refractivity contribution in [3.63, 3.8) is 0 Å². The summed E-state index contributed by atoms with van der Waals surface area (Å²) in [5, 5.41) is 33.1. The van der Waals surface area contributed by atoms with Crippen LogP contribution >= 0.6 is 0 Å². The fourth-order valence-corrected chi connectivity index (χ4v) is 3.67. The molecule has 2 N–H and O–H groups in total. The van der Waals surface area contributed by atoms with E-state index in [1.54, 1.807) is 0 Å². The van der Waals surface area contributed by atoms with E-state index in [0.717, 1.165) is 12.1 Å². The van der Waals surface area contributed by atoms with Crippen LogP contribution in [0.3, 0.4) is 0 Å². The van der Waals surface area contributed by atoms with Gasteiger partial charge in [-0.25, -0.2) is 0 Å². The minimum absolute atomic E-state index is 0.102. The molecule has 0 bridgehead atoms. The lowest BCUT2D eigenvalue weighted by atomic mass is 9.91. The van der Waals surface area contributed by atoms with Crippen molar-refractivity contribution < 1.29 is 25.2 Å². The van der Waals surface area contributed by atoms with Crippen LogP contribution in [0.2, 0.25) is 0 Å². The standard InChI is InChI=1S/C12H23N.C5H8NO5/c1-3-7-11(8-4-1)13-12-9-5-2-6-10-12;1-2-3(6(10)11)4(7)5(8)9/h11-13H,1-10H2;3-4H,2H2,1H3,(H,8,9)/q;-1/t;3-,4-/m.1/s1. The lowest BCUT2D eigenvalue weighted by Gasteiger charge is -2.27. The average molecular weight is 343 g/mol. The van der Waals surface area contributed by atoms with Crippen LogP contribution in [-0.4, -0.2) is 35.1 Å². The van der Waals surface area contributed by atoms with Gasteiger partial charge in [-0.15, -0.1) is 0 Å². The normalized spacial score (nSPS) is 22.1. The molecule has 7 heteroatoms. The number of hydrogen-bond acceptors (Lipinski definition) is 5. The Morgan fingerprint density at radius 1 is 1.04 bits per heavy atom. The van der Waals surface area contributed by atoms with E-state index in [4.69, 9.17) is 0 Å². The van der Waals surface area contributed by atoms with Gasteiger partial charge in [0, 0.05) is 17.3 Å². The van der Waals surface area contributed by atoms with Crippen LogP contribution in [-0.2, 0) is 4.79 Å². The molecule has 0 aliphatic heterocycles. The summed E-state index contributed by atoms with van der Waals surface area (Å²) in [4.78, 5) is 19.0. The van der Waals surface area contributed by atoms with Gasteiger partial charge in [0.15, 0.2) is 0 Å². The van der Waals surface area contributed by atoms with Gasteiger partial charge in [0.1, 0.15) is 0 Å². The molecule has 2 aliphatic carbocycles. The summed E-state index contributed by atoms with van der Waals surface area (Å²) in [6.07, 6.45) is 12.6. The van der Waals surface area contributed by atoms with Crippen LogP contribution in [0.25, 0.3) is 0 Å². The van der Waals surface area contributed by atoms with Gasteiger partial charge >= 0.3 is 0 Å². The number of nitrogens with zero attached hydrogens (tertiary/aromatic N) is 1. The molecule has 0 spiro atoms. The number of hydrogen-bond donors (Lipinski definition) is 1. The van der Waals surface area contributed by atoms with E-state index in [-0.39, 0.29) is 6.42 Å². The number of nitro groups is 1. The largest absolute Gasteiger partial charge is 0.843 e. The number of carboxylic acid groups (broad SMARTS) is 1. The number of carboxylic acids is 1. The minimum Gasteiger partial charge on any atom is -0.843 e. The van der Waals surface area contributed by atoms with Crippen molar-refractivity contribution in [2.45, 2.75) is 102 Å². The second kappa shape index (κ2) is 11.4. The SMILES string of the molecule is C1CCC([NH2+]C2CCCCC2)CC1.CC[C@H]([C@@H]([O-])C(=O)[O-])[N+](=O)[O-]. The quantitative estimate of drug-likeness (QED) is 0.525. The van der Waals surface area contributed by atoms with E-state index in [0.29, 0.717) is 0 Å². The minimum atomic E-state index is -2.27. The maximum Gasteiger partial charge on any atom is 0.205 e. The third-order valence-corrected chi connectivity index (χ3v) is 5.11. The van der Waals surface area contributed by atoms with E-state index >= 15 is 0 Å². The van der Waals surface area contributed by atoms with Crippen LogP contribution in [0, 0.1) is 10.1 Å². The number of quaternary nitrogens is 1. The van der Waals surface area contributed by atoms with Crippen molar-refractivity contribution in [2.75, 3.05) is 0 Å². The summed E-state index contributed by atoms with van der Waals surface area (Å²) in [5.41, 5.74) is 0. The Bertz CT molecular complexity index is 363. The smallest absolute Gasteiger partial charge is 0.205 e. The molecule has 24 heavy (non-hydrogen) atoms. The van der Waals surface area contributed by atoms with Crippen LogP contribution < -0.4 is 15.5 Å². The molecule has 0 aromatic rings. The third kappa shape index (κ3) is 7.57. The van der Waals surface area contributed by atoms with Crippen LogP contribution in [0.5, 0.6) is 0 Å². The molecule has 7 nitrogen and oxygen atoms in total. The van der Waals surface area contributed by atoms with E-state index in [1.807, 2.05) is 0 Å². The molecular formula is C17H31N2O5-. The fourth-order valence-electron chi connectivity index (χ4n) is 3.67. The molecule has 0 saturated heterocycles. The first-order chi connectivity index (χ1) is 11.5. The van der Waals surface area contributed by atoms with E-state index in [2.05, 4.69) is 5.32 Å². The molecule has 2 rings (SSSR count). The summed E-state index contributed by atoms with van der Waals surface area (Å²) in [6, 6.07) is 0.411. The van der Waals surface area contributed by atoms with Crippen molar-refractivity contribution in [3.05, 3.63) is 10.1 Å². The van der Waals surface area contributed by atoms with Gasteiger partial charge in [0.05, 0.1) is 12.1 Å². The Morgan fingerprint density at radius 3 is 1.71 bits per heavy atom. The topological polar surface area (TPSA) is 123 Å². The molecule has 140 valence electrons. The zero-order valence-electron chi connectivity index (χ0n) is 14.7. The van der Waals surface area contributed by atoms with Crippen LogP contribution in [0.1, 0.15) is 77.6 Å². The van der Waals surface area contributed by atoms with Crippen molar-refractivity contribution in [2.24, 2.45) is 0 Å². The third-order valence-electron chi connectivity index (χ3n) is 5.11. The van der Waals surface area contributed by atoms with Crippen LogP contribution in [0.4, 0.5) is 0 Å². The molecule has 2 saturated carbocycles. The Labute approximate surface area is 144 Å². The van der Waals surface area contributed by atoms with Gasteiger partial charge < -0.3 is 20.3 Å². The Kier molecular flexibility index (Phi) is 9.86. The Balaban J connectivity index is 0.000000245. The number of rotatable bonds is 6.